The molecule has 1 aliphatic heterocycles. The van der Waals surface area contributed by atoms with E-state index >= 15 is 0 Å². The fraction of sp³-hybridized carbons (Fsp3) is 0.222. The van der Waals surface area contributed by atoms with Crippen LogP contribution in [0.2, 0.25) is 5.02 Å². The SMILES string of the molecule is C[C@H]1Oc2ccc(NC(=O)CCSc3ccc(Cl)cc3)cc2NC1=O. The van der Waals surface area contributed by atoms with E-state index in [1.807, 2.05) is 24.3 Å². The molecular weight excluding hydrogens is 360 g/mol. The summed E-state index contributed by atoms with van der Waals surface area (Å²) < 4.78 is 5.49. The summed E-state index contributed by atoms with van der Waals surface area (Å²) in [5, 5.41) is 6.29. The molecule has 1 heterocycles. The molecule has 0 fully saturated rings. The molecule has 2 amide bonds. The van der Waals surface area contributed by atoms with Crippen molar-refractivity contribution in [2.45, 2.75) is 24.3 Å². The Morgan fingerprint density at radius 3 is 2.80 bits per heavy atom. The number of ether oxygens (including phenoxy) is 1. The quantitative estimate of drug-likeness (QED) is 0.768. The van der Waals surface area contributed by atoms with Gasteiger partial charge in [-0.2, -0.15) is 0 Å². The zero-order valence-corrected chi connectivity index (χ0v) is 15.1. The molecule has 0 bridgehead atoms. The highest BCUT2D eigenvalue weighted by atomic mass is 35.5. The summed E-state index contributed by atoms with van der Waals surface area (Å²) in [6, 6.07) is 12.7. The van der Waals surface area contributed by atoms with Crippen molar-refractivity contribution < 1.29 is 14.3 Å². The summed E-state index contributed by atoms with van der Waals surface area (Å²) in [4.78, 5) is 24.8. The van der Waals surface area contributed by atoms with E-state index in [9.17, 15) is 9.59 Å². The molecule has 0 unspecified atom stereocenters. The van der Waals surface area contributed by atoms with Crippen LogP contribution in [0.1, 0.15) is 13.3 Å². The van der Waals surface area contributed by atoms with E-state index in [4.69, 9.17) is 16.3 Å². The third-order valence-electron chi connectivity index (χ3n) is 3.61. The van der Waals surface area contributed by atoms with Crippen LogP contribution >= 0.6 is 23.4 Å². The molecule has 3 rings (SSSR count). The average molecular weight is 377 g/mol. The number of hydrogen-bond acceptors (Lipinski definition) is 4. The lowest BCUT2D eigenvalue weighted by molar-refractivity contribution is -0.122. The first-order valence-electron chi connectivity index (χ1n) is 7.81. The summed E-state index contributed by atoms with van der Waals surface area (Å²) >= 11 is 7.44. The topological polar surface area (TPSA) is 67.4 Å². The number of thioether (sulfide) groups is 1. The Balaban J connectivity index is 1.52. The summed E-state index contributed by atoms with van der Waals surface area (Å²) in [5.41, 5.74) is 1.19. The second-order valence-corrected chi connectivity index (χ2v) is 7.17. The van der Waals surface area contributed by atoms with Gasteiger partial charge < -0.3 is 15.4 Å². The number of carbonyl (C=O) groups is 2. The van der Waals surface area contributed by atoms with Crippen LogP contribution in [-0.2, 0) is 9.59 Å². The summed E-state index contributed by atoms with van der Waals surface area (Å²) in [6.07, 6.45) is -0.137. The lowest BCUT2D eigenvalue weighted by Crippen LogP contribution is -2.34. The predicted molar refractivity (Wildman–Crippen MR) is 101 cm³/mol. The maximum Gasteiger partial charge on any atom is 0.265 e. The largest absolute Gasteiger partial charge is 0.479 e. The van der Waals surface area contributed by atoms with Crippen molar-refractivity contribution >= 4 is 46.6 Å². The van der Waals surface area contributed by atoms with Gasteiger partial charge in [0.25, 0.3) is 5.91 Å². The minimum atomic E-state index is -0.516. The summed E-state index contributed by atoms with van der Waals surface area (Å²) in [7, 11) is 0. The van der Waals surface area contributed by atoms with Gasteiger partial charge in [-0.15, -0.1) is 11.8 Å². The molecule has 0 saturated heterocycles. The van der Waals surface area contributed by atoms with Crippen LogP contribution in [0, 0.1) is 0 Å². The molecule has 2 aromatic carbocycles. The second kappa shape index (κ2) is 7.80. The molecule has 1 aliphatic rings. The highest BCUT2D eigenvalue weighted by Gasteiger charge is 2.23. The monoisotopic (exact) mass is 376 g/mol. The lowest BCUT2D eigenvalue weighted by Gasteiger charge is -2.23. The molecule has 0 spiro atoms. The van der Waals surface area contributed by atoms with Crippen molar-refractivity contribution in [1.82, 2.24) is 0 Å². The van der Waals surface area contributed by atoms with E-state index in [2.05, 4.69) is 10.6 Å². The molecule has 130 valence electrons. The van der Waals surface area contributed by atoms with Crippen LogP contribution in [-0.4, -0.2) is 23.7 Å². The van der Waals surface area contributed by atoms with Crippen molar-refractivity contribution in [2.75, 3.05) is 16.4 Å². The molecule has 1 atom stereocenters. The maximum atomic E-state index is 12.1. The van der Waals surface area contributed by atoms with Crippen LogP contribution in [0.25, 0.3) is 0 Å². The minimum Gasteiger partial charge on any atom is -0.479 e. The first-order chi connectivity index (χ1) is 12.0. The normalized spacial score (nSPS) is 15.8. The van der Waals surface area contributed by atoms with Gasteiger partial charge in [-0.25, -0.2) is 0 Å². The third-order valence-corrected chi connectivity index (χ3v) is 4.87. The number of benzene rings is 2. The smallest absolute Gasteiger partial charge is 0.265 e. The van der Waals surface area contributed by atoms with Gasteiger partial charge in [0.15, 0.2) is 6.10 Å². The Kier molecular flexibility index (Phi) is 5.50. The number of fused-ring (bicyclic) bond motifs is 1. The predicted octanol–water partition coefficient (Wildman–Crippen LogP) is 4.18. The average Bonchev–Trinajstić information content (AvgIpc) is 2.58. The van der Waals surface area contributed by atoms with Gasteiger partial charge in [0.1, 0.15) is 5.75 Å². The van der Waals surface area contributed by atoms with Crippen molar-refractivity contribution in [3.63, 3.8) is 0 Å². The Labute approximate surface area is 155 Å². The molecule has 5 nitrogen and oxygen atoms in total. The van der Waals surface area contributed by atoms with E-state index < -0.39 is 6.10 Å². The first kappa shape index (κ1) is 17.6. The number of hydrogen-bond donors (Lipinski definition) is 2. The van der Waals surface area contributed by atoms with Gasteiger partial charge in [0.05, 0.1) is 5.69 Å². The van der Waals surface area contributed by atoms with Crippen LogP contribution < -0.4 is 15.4 Å². The first-order valence-corrected chi connectivity index (χ1v) is 9.17. The fourth-order valence-corrected chi connectivity index (χ4v) is 3.28. The Morgan fingerprint density at radius 2 is 2.04 bits per heavy atom. The molecule has 0 aromatic heterocycles. The van der Waals surface area contributed by atoms with Crippen molar-refractivity contribution in [3.05, 3.63) is 47.5 Å². The van der Waals surface area contributed by atoms with Crippen molar-refractivity contribution in [1.29, 1.82) is 0 Å². The standard InChI is InChI=1S/C18H17ClN2O3S/c1-11-18(23)21-15-10-13(4-7-16(15)24-11)20-17(22)8-9-25-14-5-2-12(19)3-6-14/h2-7,10-11H,8-9H2,1H3,(H,20,22)(H,21,23)/t11-/m1/s1. The molecule has 7 heteroatoms. The zero-order chi connectivity index (χ0) is 17.8. The van der Waals surface area contributed by atoms with E-state index in [-0.39, 0.29) is 11.8 Å². The van der Waals surface area contributed by atoms with Gasteiger partial charge >= 0.3 is 0 Å². The number of halogens is 1. The highest BCUT2D eigenvalue weighted by Crippen LogP contribution is 2.32. The molecule has 25 heavy (non-hydrogen) atoms. The third kappa shape index (κ3) is 4.67. The van der Waals surface area contributed by atoms with Gasteiger partial charge in [0.2, 0.25) is 5.91 Å². The van der Waals surface area contributed by atoms with Gasteiger partial charge in [-0.05, 0) is 49.4 Å². The highest BCUT2D eigenvalue weighted by molar-refractivity contribution is 7.99. The van der Waals surface area contributed by atoms with Crippen LogP contribution in [0.15, 0.2) is 47.4 Å². The van der Waals surface area contributed by atoms with Crippen LogP contribution in [0.4, 0.5) is 11.4 Å². The Hall–Kier alpha value is -2.18. The van der Waals surface area contributed by atoms with Crippen LogP contribution in [0.5, 0.6) is 5.75 Å². The van der Waals surface area contributed by atoms with Crippen molar-refractivity contribution in [3.8, 4) is 5.75 Å². The lowest BCUT2D eigenvalue weighted by atomic mass is 10.2. The van der Waals surface area contributed by atoms with E-state index in [0.717, 1.165) is 4.90 Å². The minimum absolute atomic E-state index is 0.0853. The number of rotatable bonds is 5. The number of carbonyl (C=O) groups excluding carboxylic acids is 2. The molecule has 0 saturated carbocycles. The number of anilines is 2. The molecule has 2 N–H and O–H groups in total. The molecule has 2 aromatic rings. The number of amides is 2. The molecule has 0 radical (unpaired) electrons. The fourth-order valence-electron chi connectivity index (χ4n) is 2.30. The number of nitrogens with one attached hydrogen (secondary N) is 2. The van der Waals surface area contributed by atoms with E-state index in [1.165, 1.54) is 0 Å². The van der Waals surface area contributed by atoms with Gasteiger partial charge in [0, 0.05) is 27.8 Å². The van der Waals surface area contributed by atoms with Crippen LogP contribution in [0.3, 0.4) is 0 Å². The Morgan fingerprint density at radius 1 is 1.28 bits per heavy atom. The van der Waals surface area contributed by atoms with E-state index in [0.29, 0.717) is 34.3 Å². The Bertz CT molecular complexity index is 795. The molecule has 0 aliphatic carbocycles. The van der Waals surface area contributed by atoms with E-state index in [1.54, 1.807) is 36.9 Å². The molecular formula is C18H17ClN2O3S. The second-order valence-electron chi connectivity index (χ2n) is 5.56. The summed E-state index contributed by atoms with van der Waals surface area (Å²) in [6.45, 7) is 1.69. The zero-order valence-electron chi connectivity index (χ0n) is 13.5. The van der Waals surface area contributed by atoms with Crippen molar-refractivity contribution in [2.24, 2.45) is 0 Å². The maximum absolute atomic E-state index is 12.1. The van der Waals surface area contributed by atoms with Gasteiger partial charge in [-0.1, -0.05) is 11.6 Å². The summed E-state index contributed by atoms with van der Waals surface area (Å²) in [5.74, 6) is 0.979. The van der Waals surface area contributed by atoms with Gasteiger partial charge in [-0.3, -0.25) is 9.59 Å².